The minimum absolute atomic E-state index is 0.0555. The highest BCUT2D eigenvalue weighted by atomic mass is 33.2. The van der Waals surface area contributed by atoms with E-state index in [1.54, 1.807) is 29.0 Å². The number of aliphatic hydroxyl groups is 5. The molecule has 8 amide bonds. The molecule has 21 aliphatic heterocycles. The molecule has 27 atom stereocenters. The van der Waals surface area contributed by atoms with Crippen LogP contribution in [0.15, 0.2) is 132 Å². The molecule has 18 saturated heterocycles. The first kappa shape index (κ1) is 84.1. The molecule has 24 aliphatic rings. The van der Waals surface area contributed by atoms with Crippen molar-refractivity contribution in [3.63, 3.8) is 0 Å². The second-order valence-electron chi connectivity index (χ2n) is 35.5. The first-order valence-electron chi connectivity index (χ1n) is 41.4. The lowest BCUT2D eigenvalue weighted by Crippen LogP contribution is -2.79. The van der Waals surface area contributed by atoms with E-state index in [1.165, 1.54) is 139 Å². The number of fused-ring (bicyclic) bond motifs is 23. The van der Waals surface area contributed by atoms with Gasteiger partial charge in [0, 0.05) is 58.6 Å². The predicted octanol–water partition coefficient (Wildman–Crippen LogP) is 2.88. The van der Waals surface area contributed by atoms with Crippen molar-refractivity contribution in [1.29, 1.82) is 0 Å². The molecule has 18 fully saturated rings. The van der Waals surface area contributed by atoms with E-state index >= 15 is 9.59 Å². The van der Waals surface area contributed by atoms with Crippen LogP contribution in [-0.4, -0.2) is 300 Å². The highest BCUT2D eigenvalue weighted by Crippen LogP contribution is 2.80. The smallest absolute Gasteiger partial charge is 0.342 e. The zero-order valence-corrected chi connectivity index (χ0v) is 76.8. The number of hydrogen-bond acceptors (Lipinski definition) is 33. The minimum atomic E-state index is -1.88. The van der Waals surface area contributed by atoms with Gasteiger partial charge < -0.3 is 108 Å². The molecule has 44 heteroatoms. The second kappa shape index (κ2) is 27.8. The number of nitrogens with zero attached hydrogens (tertiary/aromatic N) is 8. The van der Waals surface area contributed by atoms with Gasteiger partial charge in [-0.15, -0.1) is 0 Å². The molecule has 11 bridgehead atoms. The number of anilines is 1. The van der Waals surface area contributed by atoms with Crippen LogP contribution < -0.4 is 14.8 Å². The van der Waals surface area contributed by atoms with E-state index in [0.717, 1.165) is 61.0 Å². The summed E-state index contributed by atoms with van der Waals surface area (Å²) >= 11 is 5.37. The van der Waals surface area contributed by atoms with Crippen LogP contribution in [0.3, 0.4) is 0 Å². The molecule has 0 aromatic heterocycles. The van der Waals surface area contributed by atoms with Crippen LogP contribution in [0.25, 0.3) is 0 Å². The van der Waals surface area contributed by atoms with Gasteiger partial charge >= 0.3 is 17.9 Å². The van der Waals surface area contributed by atoms with E-state index in [4.69, 9.17) is 49.1 Å². The Bertz CT molecular complexity index is 6140. The molecule has 28 rings (SSSR count). The lowest BCUT2D eigenvalue weighted by Gasteiger charge is -2.60. The van der Waals surface area contributed by atoms with Crippen molar-refractivity contribution in [1.82, 2.24) is 39.2 Å². The summed E-state index contributed by atoms with van der Waals surface area (Å²) in [4.78, 5) is 154. The average Bonchev–Trinajstić information content (AvgIpc) is 1.42. The number of hydrogen-bond donors (Lipinski definition) is 7. The number of methoxy groups -OCH3 is 1. The Morgan fingerprint density at radius 3 is 1.97 bits per heavy atom. The highest BCUT2D eigenvalue weighted by Gasteiger charge is 2.96. The summed E-state index contributed by atoms with van der Waals surface area (Å²) in [5.41, 5.74) is 1.49. The predicted molar refractivity (Wildman–Crippen MR) is 469 cm³/mol. The number of phenols is 1. The molecule has 27 unspecified atom stereocenters. The fraction of sp³-hybridized carbons (Fsp3) is 0.488. The van der Waals surface area contributed by atoms with Crippen LogP contribution in [0.4, 0.5) is 5.69 Å². The van der Waals surface area contributed by atoms with Gasteiger partial charge in [0.1, 0.15) is 84.9 Å². The number of phenolic OH excluding ortho intramolecular Hbond substituents is 1. The Morgan fingerprint density at radius 2 is 1.31 bits per heavy atom. The van der Waals surface area contributed by atoms with Gasteiger partial charge in [-0.3, -0.25) is 52.8 Å². The fourth-order valence-corrected chi connectivity index (χ4v) is 45.1. The van der Waals surface area contributed by atoms with E-state index in [0.29, 0.717) is 42.5 Å². The molecular formula is C84H79N9O25S10. The number of epoxide rings is 2. The number of rotatable bonds is 8. The number of likely N-dealkylation sites (N-methyl/N-ethyl adjacent to an activating group) is 3. The van der Waals surface area contributed by atoms with Gasteiger partial charge in [0.25, 0.3) is 47.3 Å². The maximum atomic E-state index is 15.2. The number of amides is 8. The van der Waals surface area contributed by atoms with Crippen LogP contribution in [0.2, 0.25) is 0 Å². The third kappa shape index (κ3) is 9.44. The molecule has 4 aromatic carbocycles. The van der Waals surface area contributed by atoms with Crippen molar-refractivity contribution in [3.8, 4) is 23.0 Å². The third-order valence-corrected chi connectivity index (χ3v) is 49.0. The van der Waals surface area contributed by atoms with Crippen molar-refractivity contribution in [2.24, 2.45) is 5.92 Å². The molecular weight excluding hydrogens is 1860 g/mol. The SMILES string of the molecule is CC(C)C12SSC3(C(=O)N1C)C(O)C1(C45c6ccccc6CC4N4C(=O)C6(CO)N(C)C(=O)C4(C5O)S6=S=S=S)c4ccccc4NC1N3C2=O.CCCC(=O)OC1C=C2CC34SSC5(CC6=CC(OC(C)=O)C7OC7C6N5C3=O)C(=O)N4C2C2OC12.COc1cccc2c1Oc1cc(ccc1O)C(O)C13SSC4(C(=O)N1C)C(O)C1=COC=CC(OC2=O)C1N4C3=O. The largest absolute Gasteiger partial charge is 0.504 e. The fourth-order valence-electron chi connectivity index (χ4n) is 24.6. The monoisotopic (exact) mass is 1930 g/mol. The molecule has 21 heterocycles. The molecule has 128 heavy (non-hydrogen) atoms. The Morgan fingerprint density at radius 1 is 0.664 bits per heavy atom. The number of aromatic hydroxyl groups is 1. The summed E-state index contributed by atoms with van der Waals surface area (Å²) in [7, 11) is 13.9. The van der Waals surface area contributed by atoms with E-state index < -0.39 is 162 Å². The maximum absolute atomic E-state index is 15.2. The van der Waals surface area contributed by atoms with Gasteiger partial charge in [-0.2, -0.15) is 0 Å². The van der Waals surface area contributed by atoms with Crippen molar-refractivity contribution in [2.45, 2.75) is 207 Å². The van der Waals surface area contributed by atoms with Crippen LogP contribution in [0.1, 0.15) is 92.1 Å². The van der Waals surface area contributed by atoms with E-state index in [-0.39, 0.29) is 118 Å². The summed E-state index contributed by atoms with van der Waals surface area (Å²) < 4.78 is 45.7. The van der Waals surface area contributed by atoms with E-state index in [9.17, 15) is 73.8 Å². The molecule has 4 aromatic rings. The zero-order chi connectivity index (χ0) is 89.6. The third-order valence-electron chi connectivity index (χ3n) is 30.0. The number of carbonyl (C=O) groups excluding carboxylic acids is 11. The van der Waals surface area contributed by atoms with Gasteiger partial charge in [-0.1, -0.05) is 108 Å². The first-order valence-corrected chi connectivity index (χ1v) is 52.7. The molecule has 0 radical (unpaired) electrons. The molecule has 7 N–H and O–H groups in total. The number of ether oxygens (including phenoxy) is 8. The molecule has 0 saturated carbocycles. The topological polar surface area (TPSA) is 428 Å². The van der Waals surface area contributed by atoms with Crippen molar-refractivity contribution < 1.29 is 121 Å². The van der Waals surface area contributed by atoms with E-state index in [1.807, 2.05) is 81.5 Å². The summed E-state index contributed by atoms with van der Waals surface area (Å²) in [5.74, 6) is -5.36. The number of benzene rings is 4. The quantitative estimate of drug-likeness (QED) is 0.0438. The Hall–Kier alpha value is -8.16. The van der Waals surface area contributed by atoms with Gasteiger partial charge in [0.2, 0.25) is 19.5 Å². The van der Waals surface area contributed by atoms with Crippen molar-refractivity contribution >= 4 is 174 Å². The molecule has 6 spiro atoms. The number of carbonyl (C=O) groups is 11. The van der Waals surface area contributed by atoms with Crippen molar-refractivity contribution in [3.05, 3.63) is 160 Å². The van der Waals surface area contributed by atoms with Crippen LogP contribution in [0.5, 0.6) is 23.0 Å². The normalized spacial score (nSPS) is 42.0. The zero-order valence-electron chi connectivity index (χ0n) is 68.6. The summed E-state index contributed by atoms with van der Waals surface area (Å²) in [6, 6.07) is 20.8. The maximum Gasteiger partial charge on any atom is 0.342 e. The number of piperazine rings is 4. The van der Waals surface area contributed by atoms with Crippen LogP contribution in [0, 0.1) is 5.92 Å². The highest BCUT2D eigenvalue weighted by molar-refractivity contribution is 8.79. The molecule has 670 valence electrons. The number of esters is 3. The number of aliphatic hydroxyl groups excluding tert-OH is 5. The lowest BCUT2D eigenvalue weighted by atomic mass is 9.51. The Balaban J connectivity index is 0.000000112. The second-order valence-corrected chi connectivity index (χ2v) is 49.8. The Kier molecular flexibility index (Phi) is 18.2. The van der Waals surface area contributed by atoms with Gasteiger partial charge in [0.15, 0.2) is 42.5 Å². The van der Waals surface area contributed by atoms with E-state index in [2.05, 4.69) is 5.32 Å². The molecule has 3 aliphatic carbocycles. The molecule has 34 nitrogen and oxygen atoms in total. The minimum Gasteiger partial charge on any atom is -0.504 e. The summed E-state index contributed by atoms with van der Waals surface area (Å²) in [6.45, 7) is 6.43. The lowest BCUT2D eigenvalue weighted by molar-refractivity contribution is -0.175. The Labute approximate surface area is 765 Å². The summed E-state index contributed by atoms with van der Waals surface area (Å²) in [6.07, 6.45) is -1.02. The van der Waals surface area contributed by atoms with Gasteiger partial charge in [-0.05, 0) is 172 Å². The first-order chi connectivity index (χ1) is 61.3. The standard InChI is InChI=1S/C33H33N5O7S6.C27H22N2O10S2.C24H24N2O8S2/c1-15(2)31-26(44)38-23-30(18-11-7-8-12-19(18)34-23,21(40)32(38,48-47-31)25(43)36(31)4)29-17-10-6-5-9-16(17)13-20(29)37-24(42)28(14-39)35(3)27(45)33(37,22(29)41)51(28)50-49-46;1-28-24(34)27-22(32)14-11-37-9-8-16-19(14)29(27)25(35)26(28,40-41-27)21(31)12-6-7-15(30)18(10-12)38-20-13(23(33)39-16)4-3-5-17(20)36-2;1-3-4-14(28)32-13-6-11-8-24-22(30)25-15-10(5-12(31-9(2)27)17-19(15)33-17)7-23(25,35-36-24)21(29)26(24)16(11)20-18(13)34-20/h5-12,15,20-23,34,39-41H,13-14H2,1-4H3;3-11,16,19,21-22,30-32H,1-2H3;5-6,12-13,15-20H,3-4,7-8H2,1-2H3. The summed E-state index contributed by atoms with van der Waals surface area (Å²) in [5, 5.41) is 75.9. The van der Waals surface area contributed by atoms with Crippen molar-refractivity contribution in [2.75, 3.05) is 40.2 Å². The van der Waals surface area contributed by atoms with Gasteiger partial charge in [0.05, 0.1) is 55.2 Å². The van der Waals surface area contributed by atoms with Crippen LogP contribution >= 0.6 is 64.8 Å². The number of para-hydroxylation sites is 2. The average molecular weight is 1940 g/mol. The van der Waals surface area contributed by atoms with Gasteiger partial charge in [-0.25, -0.2) is 4.79 Å². The van der Waals surface area contributed by atoms with Crippen LogP contribution in [-0.2, 0) is 132 Å². The number of nitrogens with one attached hydrogen (secondary N) is 1.